The van der Waals surface area contributed by atoms with Gasteiger partial charge in [0.25, 0.3) is 5.78 Å². The number of nitrogens with zero attached hydrogens (tertiary/aromatic N) is 2. The van der Waals surface area contributed by atoms with Gasteiger partial charge in [-0.25, -0.2) is 4.98 Å². The molecule has 0 spiro atoms. The molecule has 240 valence electrons. The summed E-state index contributed by atoms with van der Waals surface area (Å²) in [6.07, 6.45) is 1.57. The second kappa shape index (κ2) is 13.0. The van der Waals surface area contributed by atoms with E-state index in [0.717, 1.165) is 22.4 Å². The Morgan fingerprint density at radius 1 is 1.02 bits per heavy atom. The van der Waals surface area contributed by atoms with Gasteiger partial charge in [-0.05, 0) is 92.8 Å². The van der Waals surface area contributed by atoms with Crippen LogP contribution in [0.2, 0.25) is 0 Å². The van der Waals surface area contributed by atoms with Gasteiger partial charge in [0.05, 0.1) is 41.7 Å². The van der Waals surface area contributed by atoms with Crippen molar-refractivity contribution in [2.24, 2.45) is 5.92 Å². The van der Waals surface area contributed by atoms with Gasteiger partial charge in [-0.15, -0.1) is 0 Å². The summed E-state index contributed by atoms with van der Waals surface area (Å²) in [7, 11) is 0. The number of aliphatic hydroxyl groups excluding tert-OH is 1. The molecule has 1 amide bonds. The molecule has 2 aliphatic heterocycles. The molecule has 1 aromatic heterocycles. The molecule has 3 aromatic carbocycles. The van der Waals surface area contributed by atoms with Gasteiger partial charge in [0.1, 0.15) is 23.4 Å². The number of aliphatic hydroxyl groups is 1. The molecule has 2 aliphatic rings. The maximum atomic E-state index is 13.9. The average molecular weight is 643 g/mol. The van der Waals surface area contributed by atoms with Crippen molar-refractivity contribution in [1.82, 2.24) is 4.98 Å². The fourth-order valence-electron chi connectivity index (χ4n) is 5.81. The Hall–Kier alpha value is -4.57. The highest BCUT2D eigenvalue weighted by Crippen LogP contribution is 2.46. The number of hydrogen-bond donors (Lipinski definition) is 1. The Balaban J connectivity index is 1.49. The quantitative estimate of drug-likeness (QED) is 0.102. The van der Waals surface area contributed by atoms with Crippen LogP contribution in [0.5, 0.6) is 23.0 Å². The largest absolute Gasteiger partial charge is 0.507 e. The van der Waals surface area contributed by atoms with Crippen LogP contribution in [0.25, 0.3) is 16.0 Å². The van der Waals surface area contributed by atoms with Crippen LogP contribution in [-0.4, -0.2) is 47.7 Å². The number of aromatic nitrogens is 1. The maximum absolute atomic E-state index is 13.9. The molecule has 2 atom stereocenters. The minimum Gasteiger partial charge on any atom is -0.507 e. The lowest BCUT2D eigenvalue weighted by atomic mass is 9.94. The number of hydrogen-bond acceptors (Lipinski definition) is 9. The molecule has 0 bridgehead atoms. The van der Waals surface area contributed by atoms with Crippen LogP contribution in [0, 0.1) is 5.92 Å². The number of benzene rings is 3. The van der Waals surface area contributed by atoms with Gasteiger partial charge in [0.2, 0.25) is 0 Å². The van der Waals surface area contributed by atoms with Crippen molar-refractivity contribution in [3.05, 3.63) is 76.9 Å². The number of Topliss-reactive ketones (excluding diaryl/α,β-unsaturated/α-hetero) is 1. The molecule has 0 radical (unpaired) electrons. The van der Waals surface area contributed by atoms with E-state index in [2.05, 4.69) is 13.8 Å². The third-order valence-electron chi connectivity index (χ3n) is 8.02. The zero-order chi connectivity index (χ0) is 32.5. The smallest absolute Gasteiger partial charge is 0.301 e. The van der Waals surface area contributed by atoms with Crippen LogP contribution in [0.1, 0.15) is 63.8 Å². The van der Waals surface area contributed by atoms with Crippen molar-refractivity contribution < 1.29 is 33.6 Å². The van der Waals surface area contributed by atoms with Gasteiger partial charge in [-0.1, -0.05) is 31.3 Å². The first-order valence-electron chi connectivity index (χ1n) is 15.7. The number of anilines is 1. The molecule has 1 saturated heterocycles. The molecule has 1 fully saturated rings. The highest BCUT2D eigenvalue weighted by Gasteiger charge is 2.48. The molecular formula is C36H38N2O7S. The van der Waals surface area contributed by atoms with Gasteiger partial charge in [-0.2, -0.15) is 0 Å². The molecule has 6 rings (SSSR count). The molecule has 46 heavy (non-hydrogen) atoms. The number of thiazole rings is 1. The van der Waals surface area contributed by atoms with Gasteiger partial charge < -0.3 is 24.1 Å². The van der Waals surface area contributed by atoms with Gasteiger partial charge in [0.15, 0.2) is 16.6 Å². The maximum Gasteiger partial charge on any atom is 0.301 e. The number of fused-ring (bicyclic) bond motifs is 2. The van der Waals surface area contributed by atoms with Crippen LogP contribution in [0.4, 0.5) is 5.13 Å². The number of rotatable bonds is 11. The van der Waals surface area contributed by atoms with Gasteiger partial charge in [-0.3, -0.25) is 14.5 Å². The van der Waals surface area contributed by atoms with E-state index in [1.54, 1.807) is 24.3 Å². The van der Waals surface area contributed by atoms with E-state index in [4.69, 9.17) is 23.9 Å². The van der Waals surface area contributed by atoms with E-state index in [1.807, 2.05) is 51.1 Å². The van der Waals surface area contributed by atoms with E-state index in [9.17, 15) is 14.7 Å². The van der Waals surface area contributed by atoms with Crippen molar-refractivity contribution >= 4 is 44.1 Å². The number of carbonyl (C=O) groups is 2. The second-order valence-corrected chi connectivity index (χ2v) is 12.9. The van der Waals surface area contributed by atoms with Gasteiger partial charge >= 0.3 is 5.91 Å². The molecule has 1 N–H and O–H groups in total. The minimum absolute atomic E-state index is 0.0125. The monoisotopic (exact) mass is 642 g/mol. The third-order valence-corrected chi connectivity index (χ3v) is 9.03. The Morgan fingerprint density at radius 2 is 1.83 bits per heavy atom. The summed E-state index contributed by atoms with van der Waals surface area (Å²) < 4.78 is 24.4. The Bertz CT molecular complexity index is 1830. The van der Waals surface area contributed by atoms with Crippen molar-refractivity contribution in [2.45, 2.75) is 59.6 Å². The number of carbonyl (C=O) groups excluding carboxylic acids is 2. The highest BCUT2D eigenvalue weighted by atomic mass is 32.1. The first kappa shape index (κ1) is 31.4. The Kier molecular flexibility index (Phi) is 8.90. The van der Waals surface area contributed by atoms with E-state index in [1.165, 1.54) is 16.2 Å². The molecule has 4 aromatic rings. The molecule has 0 aliphatic carbocycles. The van der Waals surface area contributed by atoms with Crippen molar-refractivity contribution in [1.29, 1.82) is 0 Å². The summed E-state index contributed by atoms with van der Waals surface area (Å²) in [6.45, 7) is 11.5. The summed E-state index contributed by atoms with van der Waals surface area (Å²) in [5.41, 5.74) is 2.58. The summed E-state index contributed by atoms with van der Waals surface area (Å²) in [5, 5.41) is 12.1. The van der Waals surface area contributed by atoms with Crippen LogP contribution in [0.3, 0.4) is 0 Å². The first-order chi connectivity index (χ1) is 22.2. The minimum atomic E-state index is -0.973. The fraction of sp³-hybridized carbons (Fsp3) is 0.361. The third kappa shape index (κ3) is 6.01. The van der Waals surface area contributed by atoms with Crippen molar-refractivity contribution in [3.8, 4) is 23.0 Å². The molecule has 3 heterocycles. The van der Waals surface area contributed by atoms with Crippen LogP contribution < -0.4 is 23.8 Å². The zero-order valence-corrected chi connectivity index (χ0v) is 27.5. The predicted molar refractivity (Wildman–Crippen MR) is 178 cm³/mol. The Morgan fingerprint density at radius 3 is 2.59 bits per heavy atom. The summed E-state index contributed by atoms with van der Waals surface area (Å²) in [6, 6.07) is 15.3. The molecule has 0 saturated carbocycles. The summed E-state index contributed by atoms with van der Waals surface area (Å²) in [4.78, 5) is 33.9. The van der Waals surface area contributed by atoms with E-state index in [0.29, 0.717) is 71.2 Å². The van der Waals surface area contributed by atoms with E-state index < -0.39 is 17.7 Å². The molecular weight excluding hydrogens is 604 g/mol. The van der Waals surface area contributed by atoms with Crippen LogP contribution >= 0.6 is 11.3 Å². The lowest BCUT2D eigenvalue weighted by molar-refractivity contribution is -0.132. The zero-order valence-electron chi connectivity index (χ0n) is 26.7. The summed E-state index contributed by atoms with van der Waals surface area (Å²) >= 11 is 1.28. The highest BCUT2D eigenvalue weighted by molar-refractivity contribution is 7.22. The van der Waals surface area contributed by atoms with Crippen molar-refractivity contribution in [3.63, 3.8) is 0 Å². The lowest BCUT2D eigenvalue weighted by Gasteiger charge is -2.24. The molecule has 10 heteroatoms. The second-order valence-electron chi connectivity index (χ2n) is 11.9. The first-order valence-corrected chi connectivity index (χ1v) is 16.5. The summed E-state index contributed by atoms with van der Waals surface area (Å²) in [5.74, 6) is 1.14. The number of ether oxygens (including phenoxy) is 4. The normalized spacial score (nSPS) is 18.7. The van der Waals surface area contributed by atoms with Crippen LogP contribution in [-0.2, 0) is 16.0 Å². The molecule has 9 nitrogen and oxygen atoms in total. The molecule has 0 unspecified atom stereocenters. The average Bonchev–Trinajstić information content (AvgIpc) is 3.69. The van der Waals surface area contributed by atoms with Gasteiger partial charge in [0, 0.05) is 12.0 Å². The van der Waals surface area contributed by atoms with E-state index >= 15 is 0 Å². The van der Waals surface area contributed by atoms with Crippen molar-refractivity contribution in [2.75, 3.05) is 24.7 Å². The van der Waals surface area contributed by atoms with E-state index in [-0.39, 0.29) is 17.4 Å². The standard InChI is InChI=1S/C36H38N2O7S/c1-6-42-25-10-11-26-30(19-25)46-36(37-26)38-32(22-8-13-28(29(18-22)43-7-2)44-15-14-20(3)4)31(34(40)35(38)41)33(39)23-9-12-27-24(17-23)16-21(5)45-27/h8-13,17-21,32,39H,6-7,14-16H2,1-5H3/t21-,32+/m0/s1. The lowest BCUT2D eigenvalue weighted by Crippen LogP contribution is -2.29. The van der Waals surface area contributed by atoms with Crippen LogP contribution in [0.15, 0.2) is 60.2 Å². The predicted octanol–water partition coefficient (Wildman–Crippen LogP) is 7.47. The topological polar surface area (TPSA) is 107 Å². The fourth-order valence-corrected chi connectivity index (χ4v) is 6.83. The Labute approximate surface area is 272 Å². The number of amides is 1. The SMILES string of the molecule is CCOc1ccc2nc(N3C(=O)C(=O)C(=C(O)c4ccc5c(c4)C[C@H](C)O5)[C@H]3c3ccc(OCCC(C)C)c(OCC)c3)sc2c1. The number of ketones is 1.